The Bertz CT molecular complexity index is 619. The zero-order valence-corrected chi connectivity index (χ0v) is 13.9. The summed E-state index contributed by atoms with van der Waals surface area (Å²) in [4.78, 5) is 26.1. The van der Waals surface area contributed by atoms with E-state index in [1.807, 2.05) is 6.92 Å². The van der Waals surface area contributed by atoms with Crippen LogP contribution in [-0.2, 0) is 4.79 Å². The van der Waals surface area contributed by atoms with Crippen LogP contribution in [0.25, 0.3) is 0 Å². The monoisotopic (exact) mass is 358 g/mol. The molecule has 5 nitrogen and oxygen atoms in total. The number of likely N-dealkylation sites (tertiary alicyclic amines) is 1. The molecule has 0 aliphatic carbocycles. The van der Waals surface area contributed by atoms with Crippen molar-refractivity contribution in [3.63, 3.8) is 0 Å². The molecule has 0 aromatic heterocycles. The van der Waals surface area contributed by atoms with Crippen LogP contribution in [0.4, 0.5) is 13.2 Å². The summed E-state index contributed by atoms with van der Waals surface area (Å²) in [5.74, 6) is -1.25. The molecule has 1 atom stereocenters. The normalized spacial score (nSPS) is 18.4. The summed E-state index contributed by atoms with van der Waals surface area (Å²) < 4.78 is 41.5. The summed E-state index contributed by atoms with van der Waals surface area (Å²) >= 11 is 0. The van der Waals surface area contributed by atoms with E-state index in [-0.39, 0.29) is 17.4 Å². The van der Waals surface area contributed by atoms with Crippen molar-refractivity contribution >= 4 is 11.8 Å². The van der Waals surface area contributed by atoms with Crippen LogP contribution in [0.3, 0.4) is 0 Å². The smallest absolute Gasteiger partial charge is 0.405 e. The zero-order chi connectivity index (χ0) is 18.4. The van der Waals surface area contributed by atoms with E-state index >= 15 is 0 Å². The zero-order valence-electron chi connectivity index (χ0n) is 13.9. The van der Waals surface area contributed by atoms with Crippen molar-refractivity contribution in [3.05, 3.63) is 29.8 Å². The standard InChI is InChI=1S/C17H21F3N2O3/c1-2-21-15(23)12-6-5-10-22(11-9-12)16(24)13-7-3-4-8-14(13)25-17(18,19)20/h3-4,7-8,12H,2,5-6,9-11H2,1H3,(H,21,23). The van der Waals surface area contributed by atoms with E-state index in [1.54, 1.807) is 0 Å². The average molecular weight is 358 g/mol. The SMILES string of the molecule is CCNC(=O)C1CCCN(C(=O)c2ccccc2OC(F)(F)F)CC1. The molecule has 0 spiro atoms. The number of benzene rings is 1. The molecule has 2 amide bonds. The molecule has 1 fully saturated rings. The summed E-state index contributed by atoms with van der Waals surface area (Å²) in [6.07, 6.45) is -3.11. The number of carbonyl (C=O) groups excluding carboxylic acids is 2. The van der Waals surface area contributed by atoms with Crippen molar-refractivity contribution in [3.8, 4) is 5.75 Å². The molecule has 1 aliphatic rings. The van der Waals surface area contributed by atoms with Gasteiger partial charge in [0.15, 0.2) is 0 Å². The molecule has 0 saturated carbocycles. The second kappa shape index (κ2) is 8.22. The summed E-state index contributed by atoms with van der Waals surface area (Å²) in [6.45, 7) is 3.10. The summed E-state index contributed by atoms with van der Waals surface area (Å²) in [7, 11) is 0. The van der Waals surface area contributed by atoms with Gasteiger partial charge in [-0.2, -0.15) is 0 Å². The third kappa shape index (κ3) is 5.37. The van der Waals surface area contributed by atoms with Gasteiger partial charge < -0.3 is 15.0 Å². The van der Waals surface area contributed by atoms with E-state index in [2.05, 4.69) is 10.1 Å². The van der Waals surface area contributed by atoms with Crippen LogP contribution in [0.2, 0.25) is 0 Å². The first kappa shape index (κ1) is 19.1. The van der Waals surface area contributed by atoms with Crippen LogP contribution >= 0.6 is 0 Å². The van der Waals surface area contributed by atoms with Gasteiger partial charge in [0.1, 0.15) is 5.75 Å². The molecule has 138 valence electrons. The Kier molecular flexibility index (Phi) is 6.27. The molecule has 1 N–H and O–H groups in total. The minimum absolute atomic E-state index is 0.0439. The molecule has 2 rings (SSSR count). The van der Waals surface area contributed by atoms with Crippen LogP contribution in [-0.4, -0.2) is 42.7 Å². The van der Waals surface area contributed by atoms with Crippen LogP contribution in [0, 0.1) is 5.92 Å². The molecule has 1 heterocycles. The van der Waals surface area contributed by atoms with Crippen molar-refractivity contribution in [2.45, 2.75) is 32.5 Å². The van der Waals surface area contributed by atoms with Gasteiger partial charge in [0, 0.05) is 25.6 Å². The molecular weight excluding hydrogens is 337 g/mol. The number of nitrogens with one attached hydrogen (secondary N) is 1. The lowest BCUT2D eigenvalue weighted by Gasteiger charge is -2.22. The van der Waals surface area contributed by atoms with Crippen molar-refractivity contribution < 1.29 is 27.5 Å². The quantitative estimate of drug-likeness (QED) is 0.900. The summed E-state index contributed by atoms with van der Waals surface area (Å²) in [5.41, 5.74) is -0.128. The Morgan fingerprint density at radius 2 is 1.96 bits per heavy atom. The summed E-state index contributed by atoms with van der Waals surface area (Å²) in [6, 6.07) is 5.31. The first-order valence-corrected chi connectivity index (χ1v) is 8.23. The Hall–Kier alpha value is -2.25. The second-order valence-electron chi connectivity index (χ2n) is 5.86. The van der Waals surface area contributed by atoms with E-state index in [1.165, 1.54) is 23.1 Å². The second-order valence-corrected chi connectivity index (χ2v) is 5.86. The predicted molar refractivity (Wildman–Crippen MR) is 85.1 cm³/mol. The van der Waals surface area contributed by atoms with Gasteiger partial charge >= 0.3 is 6.36 Å². The maximum Gasteiger partial charge on any atom is 0.573 e. The van der Waals surface area contributed by atoms with E-state index < -0.39 is 18.0 Å². The van der Waals surface area contributed by atoms with Crippen LogP contribution in [0.1, 0.15) is 36.5 Å². The molecule has 1 saturated heterocycles. The highest BCUT2D eigenvalue weighted by atomic mass is 19.4. The van der Waals surface area contributed by atoms with Crippen LogP contribution in [0.5, 0.6) is 5.75 Å². The third-order valence-corrected chi connectivity index (χ3v) is 4.08. The number of nitrogens with zero attached hydrogens (tertiary/aromatic N) is 1. The minimum Gasteiger partial charge on any atom is -0.405 e. The highest BCUT2D eigenvalue weighted by Crippen LogP contribution is 2.28. The number of carbonyl (C=O) groups is 2. The molecule has 0 bridgehead atoms. The van der Waals surface area contributed by atoms with Crippen molar-refractivity contribution in [2.24, 2.45) is 5.92 Å². The molecule has 0 radical (unpaired) electrons. The highest BCUT2D eigenvalue weighted by Gasteiger charge is 2.34. The Balaban J connectivity index is 2.10. The number of alkyl halides is 3. The fourth-order valence-electron chi connectivity index (χ4n) is 2.91. The van der Waals surface area contributed by atoms with Crippen LogP contribution in [0.15, 0.2) is 24.3 Å². The van der Waals surface area contributed by atoms with Gasteiger partial charge in [-0.05, 0) is 38.3 Å². The fraction of sp³-hybridized carbons (Fsp3) is 0.529. The van der Waals surface area contributed by atoms with Crippen LogP contribution < -0.4 is 10.1 Å². The number of para-hydroxylation sites is 1. The largest absolute Gasteiger partial charge is 0.573 e. The number of ether oxygens (including phenoxy) is 1. The number of rotatable bonds is 4. The summed E-state index contributed by atoms with van der Waals surface area (Å²) in [5, 5.41) is 2.77. The molecular formula is C17H21F3N2O3. The van der Waals surface area contributed by atoms with E-state index in [4.69, 9.17) is 0 Å². The van der Waals surface area contributed by atoms with Crippen molar-refractivity contribution in [1.82, 2.24) is 10.2 Å². The van der Waals surface area contributed by atoms with Gasteiger partial charge in [-0.25, -0.2) is 0 Å². The predicted octanol–water partition coefficient (Wildman–Crippen LogP) is 2.96. The maximum absolute atomic E-state index is 12.6. The lowest BCUT2D eigenvalue weighted by molar-refractivity contribution is -0.274. The number of hydrogen-bond donors (Lipinski definition) is 1. The van der Waals surface area contributed by atoms with Crippen molar-refractivity contribution in [2.75, 3.05) is 19.6 Å². The first-order valence-electron chi connectivity index (χ1n) is 8.23. The fourth-order valence-corrected chi connectivity index (χ4v) is 2.91. The van der Waals surface area contributed by atoms with Gasteiger partial charge in [-0.1, -0.05) is 12.1 Å². The molecule has 1 unspecified atom stereocenters. The molecule has 8 heteroatoms. The number of amides is 2. The van der Waals surface area contributed by atoms with Gasteiger partial charge in [0.05, 0.1) is 5.56 Å². The van der Waals surface area contributed by atoms with Gasteiger partial charge in [0.25, 0.3) is 5.91 Å². The van der Waals surface area contributed by atoms with E-state index in [0.717, 1.165) is 6.07 Å². The lowest BCUT2D eigenvalue weighted by Crippen LogP contribution is -2.34. The van der Waals surface area contributed by atoms with E-state index in [9.17, 15) is 22.8 Å². The minimum atomic E-state index is -4.86. The molecule has 1 aromatic carbocycles. The average Bonchev–Trinajstić information content (AvgIpc) is 2.79. The lowest BCUT2D eigenvalue weighted by atomic mass is 10.00. The third-order valence-electron chi connectivity index (χ3n) is 4.08. The van der Waals surface area contributed by atoms with E-state index in [0.29, 0.717) is 38.9 Å². The first-order chi connectivity index (χ1) is 11.8. The highest BCUT2D eigenvalue weighted by molar-refractivity contribution is 5.97. The number of hydrogen-bond acceptors (Lipinski definition) is 3. The molecule has 1 aromatic rings. The topological polar surface area (TPSA) is 58.6 Å². The Morgan fingerprint density at radius 1 is 1.24 bits per heavy atom. The van der Waals surface area contributed by atoms with Crippen molar-refractivity contribution in [1.29, 1.82) is 0 Å². The Labute approximate surface area is 144 Å². The molecule has 1 aliphatic heterocycles. The Morgan fingerprint density at radius 3 is 2.64 bits per heavy atom. The van der Waals surface area contributed by atoms with Gasteiger partial charge in [-0.3, -0.25) is 9.59 Å². The number of halogens is 3. The van der Waals surface area contributed by atoms with Gasteiger partial charge in [-0.15, -0.1) is 13.2 Å². The molecule has 25 heavy (non-hydrogen) atoms. The van der Waals surface area contributed by atoms with Gasteiger partial charge in [0.2, 0.25) is 5.91 Å². The maximum atomic E-state index is 12.6.